The molecule has 0 bridgehead atoms. The van der Waals surface area contributed by atoms with Crippen LogP contribution in [0.2, 0.25) is 0 Å². The lowest BCUT2D eigenvalue weighted by molar-refractivity contribution is 0.0762. The van der Waals surface area contributed by atoms with Crippen molar-refractivity contribution in [2.24, 2.45) is 0 Å². The molecular weight excluding hydrogens is 224 g/mol. The topological polar surface area (TPSA) is 24.5 Å². The molecule has 0 radical (unpaired) electrons. The summed E-state index contributed by atoms with van der Waals surface area (Å²) in [6.45, 7) is 7.57. The number of hydrogen-bond donors (Lipinski definition) is 1. The average molecular weight is 246 g/mol. The third kappa shape index (κ3) is 2.02. The van der Waals surface area contributed by atoms with Crippen molar-refractivity contribution in [3.8, 4) is 5.75 Å². The van der Waals surface area contributed by atoms with Crippen LogP contribution in [0.5, 0.6) is 5.75 Å². The minimum atomic E-state index is 0.437. The number of fused-ring (bicyclic) bond motifs is 1. The van der Waals surface area contributed by atoms with Crippen molar-refractivity contribution in [3.63, 3.8) is 0 Å². The monoisotopic (exact) mass is 246 g/mol. The summed E-state index contributed by atoms with van der Waals surface area (Å²) in [6, 6.07) is 10.1. The van der Waals surface area contributed by atoms with Crippen LogP contribution in [-0.2, 0) is 0 Å². The van der Waals surface area contributed by atoms with Gasteiger partial charge in [0.2, 0.25) is 0 Å². The zero-order valence-electron chi connectivity index (χ0n) is 11.2. The van der Waals surface area contributed by atoms with Crippen molar-refractivity contribution in [2.45, 2.75) is 38.4 Å². The molecule has 3 unspecified atom stereocenters. The SMILES string of the molecule is CCC1CN(C2COc3ccccc32)C(C)CN1. The zero-order chi connectivity index (χ0) is 12.5. The van der Waals surface area contributed by atoms with Crippen molar-refractivity contribution in [1.82, 2.24) is 10.2 Å². The highest BCUT2D eigenvalue weighted by Crippen LogP contribution is 2.37. The molecule has 0 aliphatic carbocycles. The predicted octanol–water partition coefficient (Wildman–Crippen LogP) is 2.19. The maximum atomic E-state index is 5.82. The van der Waals surface area contributed by atoms with Gasteiger partial charge in [-0.05, 0) is 19.4 Å². The highest BCUT2D eigenvalue weighted by Gasteiger charge is 2.35. The minimum absolute atomic E-state index is 0.437. The van der Waals surface area contributed by atoms with Crippen LogP contribution in [0, 0.1) is 0 Å². The largest absolute Gasteiger partial charge is 0.491 e. The molecule has 3 rings (SSSR count). The maximum absolute atomic E-state index is 5.82. The second-order valence-corrected chi connectivity index (χ2v) is 5.42. The van der Waals surface area contributed by atoms with Crippen molar-refractivity contribution in [1.29, 1.82) is 0 Å². The summed E-state index contributed by atoms with van der Waals surface area (Å²) in [7, 11) is 0. The Balaban J connectivity index is 1.82. The Morgan fingerprint density at radius 1 is 1.39 bits per heavy atom. The van der Waals surface area contributed by atoms with E-state index < -0.39 is 0 Å². The van der Waals surface area contributed by atoms with E-state index in [4.69, 9.17) is 4.74 Å². The lowest BCUT2D eigenvalue weighted by Gasteiger charge is -2.41. The van der Waals surface area contributed by atoms with Crippen molar-refractivity contribution in [3.05, 3.63) is 29.8 Å². The first kappa shape index (κ1) is 12.0. The predicted molar refractivity (Wildman–Crippen MR) is 72.9 cm³/mol. The molecule has 2 aliphatic heterocycles. The van der Waals surface area contributed by atoms with Gasteiger partial charge in [-0.15, -0.1) is 0 Å². The van der Waals surface area contributed by atoms with E-state index in [-0.39, 0.29) is 0 Å². The quantitative estimate of drug-likeness (QED) is 0.865. The van der Waals surface area contributed by atoms with E-state index in [1.165, 1.54) is 12.0 Å². The van der Waals surface area contributed by atoms with Gasteiger partial charge in [-0.25, -0.2) is 0 Å². The molecule has 2 heterocycles. The van der Waals surface area contributed by atoms with E-state index in [0.717, 1.165) is 25.4 Å². The van der Waals surface area contributed by atoms with Crippen LogP contribution >= 0.6 is 0 Å². The highest BCUT2D eigenvalue weighted by atomic mass is 16.5. The summed E-state index contributed by atoms with van der Waals surface area (Å²) in [5.41, 5.74) is 1.36. The van der Waals surface area contributed by atoms with E-state index in [0.29, 0.717) is 18.1 Å². The molecule has 1 aromatic carbocycles. The summed E-state index contributed by atoms with van der Waals surface area (Å²) in [6.07, 6.45) is 1.19. The first-order valence-corrected chi connectivity index (χ1v) is 7.00. The highest BCUT2D eigenvalue weighted by molar-refractivity contribution is 5.39. The molecule has 1 saturated heterocycles. The van der Waals surface area contributed by atoms with Crippen LogP contribution < -0.4 is 10.1 Å². The molecule has 1 aromatic rings. The van der Waals surface area contributed by atoms with E-state index in [2.05, 4.69) is 48.3 Å². The first-order chi connectivity index (χ1) is 8.79. The Morgan fingerprint density at radius 3 is 3.06 bits per heavy atom. The Labute approximate surface area is 109 Å². The standard InChI is InChI=1S/C15H22N2O/c1-3-12-9-17(11(2)8-16-12)14-10-18-15-7-5-4-6-13(14)15/h4-7,11-12,14,16H,3,8-10H2,1-2H3. The maximum Gasteiger partial charge on any atom is 0.124 e. The number of benzene rings is 1. The van der Waals surface area contributed by atoms with Crippen LogP contribution in [-0.4, -0.2) is 36.7 Å². The third-order valence-electron chi connectivity index (χ3n) is 4.27. The summed E-state index contributed by atoms with van der Waals surface area (Å²) < 4.78 is 5.82. The van der Waals surface area contributed by atoms with Gasteiger partial charge in [0, 0.05) is 30.7 Å². The summed E-state index contributed by atoms with van der Waals surface area (Å²) >= 11 is 0. The van der Waals surface area contributed by atoms with Crippen LogP contribution in [0.3, 0.4) is 0 Å². The number of para-hydroxylation sites is 1. The van der Waals surface area contributed by atoms with Gasteiger partial charge in [-0.3, -0.25) is 4.90 Å². The fraction of sp³-hybridized carbons (Fsp3) is 0.600. The van der Waals surface area contributed by atoms with Crippen molar-refractivity contribution < 1.29 is 4.74 Å². The summed E-state index contributed by atoms with van der Waals surface area (Å²) in [5, 5.41) is 3.61. The number of nitrogens with one attached hydrogen (secondary N) is 1. The molecule has 0 aromatic heterocycles. The van der Waals surface area contributed by atoms with Crippen LogP contribution in [0.15, 0.2) is 24.3 Å². The molecule has 0 spiro atoms. The molecule has 98 valence electrons. The summed E-state index contributed by atoms with van der Waals surface area (Å²) in [4.78, 5) is 2.61. The van der Waals surface area contributed by atoms with Crippen LogP contribution in [0.4, 0.5) is 0 Å². The fourth-order valence-corrected chi connectivity index (χ4v) is 3.08. The number of ether oxygens (including phenoxy) is 1. The van der Waals surface area contributed by atoms with Gasteiger partial charge in [0.05, 0.1) is 6.04 Å². The van der Waals surface area contributed by atoms with Gasteiger partial charge in [0.15, 0.2) is 0 Å². The van der Waals surface area contributed by atoms with Crippen LogP contribution in [0.25, 0.3) is 0 Å². The van der Waals surface area contributed by atoms with Crippen LogP contribution in [0.1, 0.15) is 31.9 Å². The Kier molecular flexibility index (Phi) is 3.27. The number of piperazine rings is 1. The van der Waals surface area contributed by atoms with Gasteiger partial charge in [0.25, 0.3) is 0 Å². The lowest BCUT2D eigenvalue weighted by Crippen LogP contribution is -2.56. The molecule has 0 saturated carbocycles. The molecule has 2 aliphatic rings. The Morgan fingerprint density at radius 2 is 2.22 bits per heavy atom. The van der Waals surface area contributed by atoms with Gasteiger partial charge in [0.1, 0.15) is 12.4 Å². The molecule has 1 N–H and O–H groups in total. The smallest absolute Gasteiger partial charge is 0.124 e. The average Bonchev–Trinajstić information content (AvgIpc) is 2.83. The Bertz CT molecular complexity index is 421. The van der Waals surface area contributed by atoms with E-state index in [1.54, 1.807) is 0 Å². The molecule has 3 atom stereocenters. The summed E-state index contributed by atoms with van der Waals surface area (Å²) in [5.74, 6) is 1.07. The minimum Gasteiger partial charge on any atom is -0.491 e. The van der Waals surface area contributed by atoms with Crippen molar-refractivity contribution in [2.75, 3.05) is 19.7 Å². The van der Waals surface area contributed by atoms with E-state index in [1.807, 2.05) is 0 Å². The van der Waals surface area contributed by atoms with E-state index in [9.17, 15) is 0 Å². The molecule has 0 amide bonds. The molecule has 3 heteroatoms. The number of nitrogens with zero attached hydrogens (tertiary/aromatic N) is 1. The van der Waals surface area contributed by atoms with Gasteiger partial charge >= 0.3 is 0 Å². The Hall–Kier alpha value is -1.06. The molecule has 1 fully saturated rings. The van der Waals surface area contributed by atoms with Gasteiger partial charge < -0.3 is 10.1 Å². The number of rotatable bonds is 2. The third-order valence-corrected chi connectivity index (χ3v) is 4.27. The molecule has 3 nitrogen and oxygen atoms in total. The fourth-order valence-electron chi connectivity index (χ4n) is 3.08. The van der Waals surface area contributed by atoms with E-state index >= 15 is 0 Å². The first-order valence-electron chi connectivity index (χ1n) is 7.00. The van der Waals surface area contributed by atoms with Gasteiger partial charge in [-0.1, -0.05) is 25.1 Å². The van der Waals surface area contributed by atoms with Gasteiger partial charge in [-0.2, -0.15) is 0 Å². The molecule has 18 heavy (non-hydrogen) atoms. The normalized spacial score (nSPS) is 32.0. The second-order valence-electron chi connectivity index (χ2n) is 5.42. The number of hydrogen-bond acceptors (Lipinski definition) is 3. The lowest BCUT2D eigenvalue weighted by atomic mass is 10.0. The van der Waals surface area contributed by atoms with Crippen molar-refractivity contribution >= 4 is 0 Å². The molecular formula is C15H22N2O. The zero-order valence-corrected chi connectivity index (χ0v) is 11.2. The second kappa shape index (κ2) is 4.90.